The summed E-state index contributed by atoms with van der Waals surface area (Å²) in [5.74, 6) is 0.917. The molecule has 27 heavy (non-hydrogen) atoms. The van der Waals surface area contributed by atoms with Crippen LogP contribution in [0, 0.1) is 5.82 Å². The molecule has 2 aromatic carbocycles. The van der Waals surface area contributed by atoms with Crippen LogP contribution < -0.4 is 19.7 Å². The minimum Gasteiger partial charge on any atom is -0.497 e. The number of rotatable bonds is 6. The van der Waals surface area contributed by atoms with Gasteiger partial charge in [-0.1, -0.05) is 11.6 Å². The van der Waals surface area contributed by atoms with E-state index in [-0.39, 0.29) is 17.0 Å². The number of anilines is 1. The number of carbonyl (C=O) groups is 1. The largest absolute Gasteiger partial charge is 0.497 e. The quantitative estimate of drug-likeness (QED) is 0.793. The number of methoxy groups -OCH3 is 2. The molecule has 0 aliphatic carbocycles. The van der Waals surface area contributed by atoms with Crippen molar-refractivity contribution >= 4 is 23.2 Å². The molecule has 5 nitrogen and oxygen atoms in total. The average molecular weight is 394 g/mol. The summed E-state index contributed by atoms with van der Waals surface area (Å²) in [4.78, 5) is 13.7. The van der Waals surface area contributed by atoms with Crippen LogP contribution in [0.3, 0.4) is 0 Å². The van der Waals surface area contributed by atoms with E-state index in [0.717, 1.165) is 41.3 Å². The van der Waals surface area contributed by atoms with Crippen molar-refractivity contribution in [2.45, 2.75) is 18.9 Å². The first-order valence-electron chi connectivity index (χ1n) is 8.83. The van der Waals surface area contributed by atoms with E-state index in [1.54, 1.807) is 14.2 Å². The molecule has 1 aliphatic rings. The fraction of sp³-hybridized carbons (Fsp3) is 0.350. The van der Waals surface area contributed by atoms with Gasteiger partial charge in [0.25, 0.3) is 5.91 Å². The third kappa shape index (κ3) is 4.51. The standard InChI is InChI=1S/C20H22ClFN2O3/c1-26-14-6-8-19(27-2)15(11-14)18-4-3-9-24(18)12-20(25)23-13-5-7-17(22)16(21)10-13/h5-8,10-11,18H,3-4,9,12H2,1-2H3,(H,23,25)/p+1/t18-/m0/s1. The second-order valence-corrected chi connectivity index (χ2v) is 6.97. The Bertz CT molecular complexity index is 831. The van der Waals surface area contributed by atoms with Gasteiger partial charge in [0.2, 0.25) is 0 Å². The Labute approximate surface area is 163 Å². The first kappa shape index (κ1) is 19.5. The van der Waals surface area contributed by atoms with Crippen molar-refractivity contribution in [3.63, 3.8) is 0 Å². The maximum Gasteiger partial charge on any atom is 0.279 e. The number of hydrogen-bond acceptors (Lipinski definition) is 3. The highest BCUT2D eigenvalue weighted by Crippen LogP contribution is 2.31. The van der Waals surface area contributed by atoms with Gasteiger partial charge < -0.3 is 19.7 Å². The van der Waals surface area contributed by atoms with Gasteiger partial charge in [-0.25, -0.2) is 4.39 Å². The van der Waals surface area contributed by atoms with Crippen LogP contribution in [0.5, 0.6) is 11.5 Å². The lowest BCUT2D eigenvalue weighted by molar-refractivity contribution is -0.910. The van der Waals surface area contributed by atoms with E-state index in [1.165, 1.54) is 18.2 Å². The number of amides is 1. The van der Waals surface area contributed by atoms with Crippen molar-refractivity contribution in [2.75, 3.05) is 32.6 Å². The van der Waals surface area contributed by atoms with Crippen molar-refractivity contribution < 1.29 is 23.6 Å². The van der Waals surface area contributed by atoms with Crippen LogP contribution in [0.25, 0.3) is 0 Å². The van der Waals surface area contributed by atoms with E-state index in [1.807, 2.05) is 18.2 Å². The lowest BCUT2D eigenvalue weighted by atomic mass is 10.0. The molecule has 2 atom stereocenters. The topological polar surface area (TPSA) is 52.0 Å². The molecule has 0 radical (unpaired) electrons. The molecule has 0 bridgehead atoms. The first-order chi connectivity index (χ1) is 13.0. The molecule has 1 unspecified atom stereocenters. The van der Waals surface area contributed by atoms with Gasteiger partial charge in [0, 0.05) is 18.5 Å². The van der Waals surface area contributed by atoms with E-state index in [0.29, 0.717) is 12.2 Å². The smallest absolute Gasteiger partial charge is 0.279 e. The Morgan fingerprint density at radius 1 is 1.26 bits per heavy atom. The van der Waals surface area contributed by atoms with Gasteiger partial charge in [0.15, 0.2) is 6.54 Å². The number of ether oxygens (including phenoxy) is 2. The minimum atomic E-state index is -0.509. The van der Waals surface area contributed by atoms with Crippen molar-refractivity contribution in [1.82, 2.24) is 0 Å². The van der Waals surface area contributed by atoms with Crippen LogP contribution in [-0.2, 0) is 4.79 Å². The number of benzene rings is 2. The predicted octanol–water partition coefficient (Wildman–Crippen LogP) is 2.85. The van der Waals surface area contributed by atoms with Crippen molar-refractivity contribution in [3.8, 4) is 11.5 Å². The molecule has 1 aliphatic heterocycles. The predicted molar refractivity (Wildman–Crippen MR) is 102 cm³/mol. The normalized spacial score (nSPS) is 19.0. The molecular formula is C20H23ClFN2O3+. The molecule has 0 spiro atoms. The summed E-state index contributed by atoms with van der Waals surface area (Å²) in [6, 6.07) is 10.0. The molecule has 144 valence electrons. The maximum atomic E-state index is 13.3. The zero-order valence-electron chi connectivity index (χ0n) is 15.4. The van der Waals surface area contributed by atoms with Gasteiger partial charge in [-0.05, 0) is 36.4 Å². The molecule has 1 fully saturated rings. The second kappa shape index (κ2) is 8.59. The van der Waals surface area contributed by atoms with Crippen LogP contribution >= 0.6 is 11.6 Å². The van der Waals surface area contributed by atoms with Crippen LogP contribution in [0.15, 0.2) is 36.4 Å². The second-order valence-electron chi connectivity index (χ2n) is 6.56. The lowest BCUT2D eigenvalue weighted by Crippen LogP contribution is -3.11. The molecule has 2 aromatic rings. The van der Waals surface area contributed by atoms with Gasteiger partial charge in [0.05, 0.1) is 31.4 Å². The molecule has 2 N–H and O–H groups in total. The summed E-state index contributed by atoms with van der Waals surface area (Å²) in [5, 5.41) is 2.78. The van der Waals surface area contributed by atoms with E-state index in [4.69, 9.17) is 21.1 Å². The molecular weight excluding hydrogens is 371 g/mol. The Morgan fingerprint density at radius 3 is 2.78 bits per heavy atom. The van der Waals surface area contributed by atoms with Crippen molar-refractivity contribution in [1.29, 1.82) is 0 Å². The van der Waals surface area contributed by atoms with Gasteiger partial charge in [-0.3, -0.25) is 4.79 Å². The Kier molecular flexibility index (Phi) is 6.19. The number of likely N-dealkylation sites (tertiary alicyclic amines) is 1. The zero-order chi connectivity index (χ0) is 19.4. The lowest BCUT2D eigenvalue weighted by Gasteiger charge is -2.23. The fourth-order valence-corrected chi connectivity index (χ4v) is 3.78. The third-order valence-electron chi connectivity index (χ3n) is 4.89. The molecule has 3 rings (SSSR count). The first-order valence-corrected chi connectivity index (χ1v) is 9.21. The summed E-state index contributed by atoms with van der Waals surface area (Å²) in [5.41, 5.74) is 1.53. The maximum absolute atomic E-state index is 13.3. The molecule has 1 amide bonds. The Hall–Kier alpha value is -2.31. The van der Waals surface area contributed by atoms with E-state index >= 15 is 0 Å². The van der Waals surface area contributed by atoms with Crippen LogP contribution in [0.1, 0.15) is 24.4 Å². The van der Waals surface area contributed by atoms with Crippen molar-refractivity contribution in [3.05, 3.63) is 52.8 Å². The molecule has 7 heteroatoms. The summed E-state index contributed by atoms with van der Waals surface area (Å²) in [6.07, 6.45) is 1.99. The SMILES string of the molecule is COc1ccc(OC)c([C@@H]2CCC[NH+]2CC(=O)Nc2ccc(F)c(Cl)c2)c1. The van der Waals surface area contributed by atoms with Crippen LogP contribution in [0.4, 0.5) is 10.1 Å². The molecule has 0 aromatic heterocycles. The monoisotopic (exact) mass is 393 g/mol. The highest BCUT2D eigenvalue weighted by atomic mass is 35.5. The van der Waals surface area contributed by atoms with Gasteiger partial charge >= 0.3 is 0 Å². The Balaban J connectivity index is 1.73. The number of halogens is 2. The highest BCUT2D eigenvalue weighted by Gasteiger charge is 2.34. The molecule has 1 heterocycles. The summed E-state index contributed by atoms with van der Waals surface area (Å²) < 4.78 is 24.1. The number of quaternary nitrogens is 1. The van der Waals surface area contributed by atoms with E-state index < -0.39 is 5.82 Å². The summed E-state index contributed by atoms with van der Waals surface area (Å²) >= 11 is 5.78. The van der Waals surface area contributed by atoms with Gasteiger partial charge in [-0.2, -0.15) is 0 Å². The summed E-state index contributed by atoms with van der Waals surface area (Å²) in [6.45, 7) is 1.20. The molecule has 0 saturated carbocycles. The Morgan fingerprint density at radius 2 is 2.07 bits per heavy atom. The molecule has 1 saturated heterocycles. The van der Waals surface area contributed by atoms with Crippen LogP contribution in [-0.4, -0.2) is 33.2 Å². The fourth-order valence-electron chi connectivity index (χ4n) is 3.60. The average Bonchev–Trinajstić information content (AvgIpc) is 3.11. The zero-order valence-corrected chi connectivity index (χ0v) is 16.1. The summed E-state index contributed by atoms with van der Waals surface area (Å²) in [7, 11) is 3.27. The minimum absolute atomic E-state index is 0.0136. The number of nitrogens with one attached hydrogen (secondary N) is 2. The van der Waals surface area contributed by atoms with Crippen molar-refractivity contribution in [2.24, 2.45) is 0 Å². The van der Waals surface area contributed by atoms with Crippen LogP contribution in [0.2, 0.25) is 5.02 Å². The van der Waals surface area contributed by atoms with E-state index in [9.17, 15) is 9.18 Å². The number of carbonyl (C=O) groups excluding carboxylic acids is 1. The highest BCUT2D eigenvalue weighted by molar-refractivity contribution is 6.31. The van der Waals surface area contributed by atoms with Gasteiger partial charge in [-0.15, -0.1) is 0 Å². The third-order valence-corrected chi connectivity index (χ3v) is 5.18. The number of hydrogen-bond donors (Lipinski definition) is 2. The van der Waals surface area contributed by atoms with E-state index in [2.05, 4.69) is 5.32 Å². The van der Waals surface area contributed by atoms with Gasteiger partial charge in [0.1, 0.15) is 23.4 Å².